The standard InChI is InChI=1S/C25H31FN2O3/c1-17(2)31-22-9-4-6-19(12-22)16-27-11-10-25(14-18(27)3)15-23(29)24(30)28(25)21-8-5-7-20(26)13-21/h4-9,12-13,17-18,23,29H,10-11,14-16H2,1-3H3/t18-,23?,25+/m0/s1. The number of hydrogen-bond donors (Lipinski definition) is 1. The fourth-order valence-electron chi connectivity index (χ4n) is 5.14. The molecule has 2 aliphatic rings. The topological polar surface area (TPSA) is 53.0 Å². The van der Waals surface area contributed by atoms with Gasteiger partial charge in [-0.1, -0.05) is 18.2 Å². The van der Waals surface area contributed by atoms with Crippen LogP contribution in [0.5, 0.6) is 5.75 Å². The highest BCUT2D eigenvalue weighted by molar-refractivity contribution is 6.00. The predicted molar refractivity (Wildman–Crippen MR) is 119 cm³/mol. The second-order valence-electron chi connectivity index (χ2n) is 9.19. The summed E-state index contributed by atoms with van der Waals surface area (Å²) in [7, 11) is 0. The minimum atomic E-state index is -1.04. The van der Waals surface area contributed by atoms with Crippen molar-refractivity contribution in [2.45, 2.75) is 70.4 Å². The van der Waals surface area contributed by atoms with Gasteiger partial charge < -0.3 is 14.7 Å². The highest BCUT2D eigenvalue weighted by Gasteiger charge is 2.53. The van der Waals surface area contributed by atoms with Gasteiger partial charge in [-0.25, -0.2) is 4.39 Å². The van der Waals surface area contributed by atoms with Crippen LogP contribution in [-0.4, -0.2) is 46.2 Å². The molecular weight excluding hydrogens is 395 g/mol. The lowest BCUT2D eigenvalue weighted by atomic mass is 9.80. The molecule has 0 aliphatic carbocycles. The number of amides is 1. The van der Waals surface area contributed by atoms with Crippen molar-refractivity contribution in [2.75, 3.05) is 11.4 Å². The van der Waals surface area contributed by atoms with Crippen LogP contribution in [0.4, 0.5) is 10.1 Å². The van der Waals surface area contributed by atoms with Crippen molar-refractivity contribution in [1.82, 2.24) is 4.90 Å². The summed E-state index contributed by atoms with van der Waals surface area (Å²) in [6, 6.07) is 14.5. The number of hydrogen-bond acceptors (Lipinski definition) is 4. The summed E-state index contributed by atoms with van der Waals surface area (Å²) in [4.78, 5) is 16.9. The van der Waals surface area contributed by atoms with Gasteiger partial charge in [-0.2, -0.15) is 0 Å². The summed E-state index contributed by atoms with van der Waals surface area (Å²) < 4.78 is 19.7. The molecule has 1 spiro atoms. The molecule has 2 aromatic rings. The number of piperidine rings is 1. The van der Waals surface area contributed by atoms with Gasteiger partial charge in [0, 0.05) is 31.2 Å². The van der Waals surface area contributed by atoms with Crippen molar-refractivity contribution in [2.24, 2.45) is 0 Å². The highest BCUT2D eigenvalue weighted by atomic mass is 19.1. The van der Waals surface area contributed by atoms with Gasteiger partial charge in [0.2, 0.25) is 0 Å². The third-order valence-corrected chi connectivity index (χ3v) is 6.44. The van der Waals surface area contributed by atoms with Crippen LogP contribution in [0, 0.1) is 5.82 Å². The van der Waals surface area contributed by atoms with E-state index in [4.69, 9.17) is 4.74 Å². The molecule has 4 rings (SSSR count). The van der Waals surface area contributed by atoms with Crippen LogP contribution in [0.25, 0.3) is 0 Å². The maximum absolute atomic E-state index is 13.9. The number of carbonyl (C=O) groups is 1. The molecule has 0 radical (unpaired) electrons. The van der Waals surface area contributed by atoms with Crippen molar-refractivity contribution in [3.05, 3.63) is 59.9 Å². The Morgan fingerprint density at radius 2 is 1.97 bits per heavy atom. The molecule has 2 heterocycles. The van der Waals surface area contributed by atoms with Gasteiger partial charge >= 0.3 is 0 Å². The van der Waals surface area contributed by atoms with Gasteiger partial charge in [0.1, 0.15) is 17.7 Å². The van der Waals surface area contributed by atoms with E-state index < -0.39 is 11.6 Å². The number of aliphatic hydroxyl groups is 1. The number of aliphatic hydroxyl groups excluding tert-OH is 1. The molecule has 0 saturated carbocycles. The highest BCUT2D eigenvalue weighted by Crippen LogP contribution is 2.44. The summed E-state index contributed by atoms with van der Waals surface area (Å²) in [6.07, 6.45) is 0.946. The lowest BCUT2D eigenvalue weighted by Gasteiger charge is -2.48. The number of rotatable bonds is 5. The van der Waals surface area contributed by atoms with E-state index in [-0.39, 0.29) is 23.9 Å². The van der Waals surface area contributed by atoms with Crippen LogP contribution in [0.15, 0.2) is 48.5 Å². The Labute approximate surface area is 183 Å². The van der Waals surface area contributed by atoms with E-state index in [0.717, 1.165) is 31.7 Å². The lowest BCUT2D eigenvalue weighted by molar-refractivity contribution is -0.124. The van der Waals surface area contributed by atoms with E-state index in [1.807, 2.05) is 26.0 Å². The molecule has 2 saturated heterocycles. The van der Waals surface area contributed by atoms with Gasteiger partial charge in [0.15, 0.2) is 0 Å². The molecule has 1 amide bonds. The Balaban J connectivity index is 1.52. The fraction of sp³-hybridized carbons (Fsp3) is 0.480. The Bertz CT molecular complexity index is 950. The fourth-order valence-corrected chi connectivity index (χ4v) is 5.14. The average Bonchev–Trinajstić information content (AvgIpc) is 2.93. The van der Waals surface area contributed by atoms with Gasteiger partial charge in [-0.15, -0.1) is 0 Å². The number of halogens is 1. The van der Waals surface area contributed by atoms with Crippen LogP contribution in [-0.2, 0) is 11.3 Å². The first-order valence-electron chi connectivity index (χ1n) is 11.0. The molecule has 0 aromatic heterocycles. The molecule has 1 unspecified atom stereocenters. The zero-order valence-corrected chi connectivity index (χ0v) is 18.4. The molecule has 1 N–H and O–H groups in total. The third kappa shape index (κ3) is 4.46. The summed E-state index contributed by atoms with van der Waals surface area (Å²) >= 11 is 0. The first kappa shape index (κ1) is 21.8. The molecular formula is C25H31FN2O3. The molecule has 3 atom stereocenters. The number of ether oxygens (including phenoxy) is 1. The second kappa shape index (κ2) is 8.60. The number of anilines is 1. The van der Waals surface area contributed by atoms with Gasteiger partial charge in [-0.3, -0.25) is 9.69 Å². The molecule has 6 heteroatoms. The second-order valence-corrected chi connectivity index (χ2v) is 9.19. The third-order valence-electron chi connectivity index (χ3n) is 6.44. The molecule has 31 heavy (non-hydrogen) atoms. The van der Waals surface area contributed by atoms with Crippen molar-refractivity contribution >= 4 is 11.6 Å². The van der Waals surface area contributed by atoms with Crippen LogP contribution >= 0.6 is 0 Å². The zero-order chi connectivity index (χ0) is 22.2. The summed E-state index contributed by atoms with van der Waals surface area (Å²) in [5.41, 5.74) is 1.23. The normalized spacial score (nSPS) is 26.8. The Morgan fingerprint density at radius 3 is 2.68 bits per heavy atom. The van der Waals surface area contributed by atoms with Crippen molar-refractivity contribution in [1.29, 1.82) is 0 Å². The quantitative estimate of drug-likeness (QED) is 0.781. The largest absolute Gasteiger partial charge is 0.491 e. The van der Waals surface area contributed by atoms with Crippen molar-refractivity contribution < 1.29 is 19.0 Å². The number of likely N-dealkylation sites (tertiary alicyclic amines) is 1. The van der Waals surface area contributed by atoms with Crippen LogP contribution in [0.3, 0.4) is 0 Å². The number of carbonyl (C=O) groups excluding carboxylic acids is 1. The monoisotopic (exact) mass is 426 g/mol. The van der Waals surface area contributed by atoms with E-state index in [1.54, 1.807) is 17.0 Å². The minimum Gasteiger partial charge on any atom is -0.491 e. The van der Waals surface area contributed by atoms with E-state index >= 15 is 0 Å². The van der Waals surface area contributed by atoms with Gasteiger partial charge in [0.05, 0.1) is 11.6 Å². The summed E-state index contributed by atoms with van der Waals surface area (Å²) in [6.45, 7) is 7.78. The van der Waals surface area contributed by atoms with E-state index in [9.17, 15) is 14.3 Å². The van der Waals surface area contributed by atoms with Crippen LogP contribution < -0.4 is 9.64 Å². The average molecular weight is 427 g/mol. The Morgan fingerprint density at radius 1 is 1.19 bits per heavy atom. The zero-order valence-electron chi connectivity index (χ0n) is 18.4. The first-order chi connectivity index (χ1) is 14.8. The van der Waals surface area contributed by atoms with Gasteiger partial charge in [-0.05, 0) is 69.5 Å². The maximum atomic E-state index is 13.9. The first-order valence-corrected chi connectivity index (χ1v) is 11.0. The SMILES string of the molecule is CC(C)Oc1cccc(CN2CC[C@]3(CC(O)C(=O)N3c3cccc(F)c3)C[C@@H]2C)c1. The van der Waals surface area contributed by atoms with Crippen LogP contribution in [0.1, 0.15) is 45.6 Å². The molecule has 2 fully saturated rings. The smallest absolute Gasteiger partial charge is 0.256 e. The maximum Gasteiger partial charge on any atom is 0.256 e. The number of benzene rings is 2. The van der Waals surface area contributed by atoms with E-state index in [1.165, 1.54) is 17.7 Å². The molecule has 2 aromatic carbocycles. The van der Waals surface area contributed by atoms with E-state index in [2.05, 4.69) is 24.0 Å². The molecule has 5 nitrogen and oxygen atoms in total. The van der Waals surface area contributed by atoms with Crippen molar-refractivity contribution in [3.8, 4) is 5.75 Å². The number of nitrogens with zero attached hydrogens (tertiary/aromatic N) is 2. The Hall–Kier alpha value is -2.44. The predicted octanol–water partition coefficient (Wildman–Crippen LogP) is 4.13. The van der Waals surface area contributed by atoms with Crippen molar-refractivity contribution in [3.63, 3.8) is 0 Å². The summed E-state index contributed by atoms with van der Waals surface area (Å²) in [5, 5.41) is 10.4. The molecule has 2 aliphatic heterocycles. The summed E-state index contributed by atoms with van der Waals surface area (Å²) in [5.74, 6) is 0.163. The van der Waals surface area contributed by atoms with Gasteiger partial charge in [0.25, 0.3) is 5.91 Å². The lowest BCUT2D eigenvalue weighted by Crippen LogP contribution is -2.56. The van der Waals surface area contributed by atoms with Crippen LogP contribution in [0.2, 0.25) is 0 Å². The Kier molecular flexibility index (Phi) is 6.04. The minimum absolute atomic E-state index is 0.129. The van der Waals surface area contributed by atoms with E-state index in [0.29, 0.717) is 12.1 Å². The molecule has 166 valence electrons. The molecule has 0 bridgehead atoms.